The molecule has 0 saturated carbocycles. The van der Waals surface area contributed by atoms with E-state index in [0.29, 0.717) is 16.7 Å². The highest BCUT2D eigenvalue weighted by atomic mass is 35.5. The van der Waals surface area contributed by atoms with E-state index >= 15 is 0 Å². The molecule has 22 heavy (non-hydrogen) atoms. The molecule has 1 aliphatic rings. The lowest BCUT2D eigenvalue weighted by atomic mass is 10.0. The molecule has 1 atom stereocenters. The number of amides is 1. The molecule has 0 N–H and O–H groups in total. The minimum absolute atomic E-state index is 0.0499. The van der Waals surface area contributed by atoms with E-state index in [0.717, 1.165) is 11.3 Å². The highest BCUT2D eigenvalue weighted by Crippen LogP contribution is 2.43. The molecule has 0 radical (unpaired) electrons. The SMILES string of the molecule is CC(C)c1ccc(N2C(=O)CS[C@@H]2c2ccccc2Cl)cc1. The fourth-order valence-corrected chi connectivity index (χ4v) is 4.15. The van der Waals surface area contributed by atoms with Crippen molar-refractivity contribution in [2.24, 2.45) is 0 Å². The van der Waals surface area contributed by atoms with Gasteiger partial charge in [-0.25, -0.2) is 0 Å². The van der Waals surface area contributed by atoms with Crippen molar-refractivity contribution in [3.8, 4) is 0 Å². The Labute approximate surface area is 140 Å². The molecule has 2 aromatic rings. The molecule has 2 aromatic carbocycles. The standard InChI is InChI=1S/C18H18ClNOS/c1-12(2)13-7-9-14(10-8-13)20-17(21)11-22-18(20)15-5-3-4-6-16(15)19/h3-10,12,18H,11H2,1-2H3/t18-/m1/s1. The predicted molar refractivity (Wildman–Crippen MR) is 94.7 cm³/mol. The zero-order valence-electron chi connectivity index (χ0n) is 12.6. The number of anilines is 1. The first-order valence-corrected chi connectivity index (χ1v) is 8.78. The lowest BCUT2D eigenvalue weighted by molar-refractivity contribution is -0.115. The van der Waals surface area contributed by atoms with Crippen molar-refractivity contribution >= 4 is 35.0 Å². The van der Waals surface area contributed by atoms with E-state index in [1.807, 2.05) is 41.3 Å². The number of nitrogens with zero attached hydrogens (tertiary/aromatic N) is 1. The van der Waals surface area contributed by atoms with E-state index in [2.05, 4.69) is 26.0 Å². The molecule has 1 fully saturated rings. The summed E-state index contributed by atoms with van der Waals surface area (Å²) < 4.78 is 0. The van der Waals surface area contributed by atoms with E-state index in [1.54, 1.807) is 11.8 Å². The molecular formula is C18H18ClNOS. The summed E-state index contributed by atoms with van der Waals surface area (Å²) in [6, 6.07) is 16.0. The summed E-state index contributed by atoms with van der Waals surface area (Å²) in [5, 5.41) is 0.657. The molecule has 0 aromatic heterocycles. The van der Waals surface area contributed by atoms with Gasteiger partial charge in [-0.3, -0.25) is 9.69 Å². The molecule has 1 aliphatic heterocycles. The van der Waals surface area contributed by atoms with Crippen LogP contribution in [0, 0.1) is 0 Å². The number of carbonyl (C=O) groups excluding carboxylic acids is 1. The van der Waals surface area contributed by atoms with Crippen LogP contribution >= 0.6 is 23.4 Å². The molecule has 0 spiro atoms. The largest absolute Gasteiger partial charge is 0.295 e. The first-order valence-electron chi connectivity index (χ1n) is 7.36. The molecule has 2 nitrogen and oxygen atoms in total. The average Bonchev–Trinajstić information content (AvgIpc) is 2.89. The Balaban J connectivity index is 1.96. The number of thioether (sulfide) groups is 1. The van der Waals surface area contributed by atoms with Gasteiger partial charge in [0.2, 0.25) is 5.91 Å². The van der Waals surface area contributed by atoms with Crippen LogP contribution in [0.5, 0.6) is 0 Å². The number of carbonyl (C=O) groups is 1. The number of rotatable bonds is 3. The van der Waals surface area contributed by atoms with Crippen molar-refractivity contribution in [3.63, 3.8) is 0 Å². The molecular weight excluding hydrogens is 314 g/mol. The van der Waals surface area contributed by atoms with Crippen molar-refractivity contribution in [2.45, 2.75) is 25.1 Å². The lowest BCUT2D eigenvalue weighted by Gasteiger charge is -2.25. The Hall–Kier alpha value is -1.45. The Kier molecular flexibility index (Phi) is 4.46. The van der Waals surface area contributed by atoms with Crippen molar-refractivity contribution < 1.29 is 4.79 Å². The quantitative estimate of drug-likeness (QED) is 0.766. The Morgan fingerprint density at radius 3 is 2.45 bits per heavy atom. The van der Waals surface area contributed by atoms with Gasteiger partial charge in [0.1, 0.15) is 5.37 Å². The number of halogens is 1. The normalized spacial score (nSPS) is 18.3. The van der Waals surface area contributed by atoms with Crippen LogP contribution in [0.3, 0.4) is 0 Å². The molecule has 0 aliphatic carbocycles. The second-order valence-electron chi connectivity index (χ2n) is 5.69. The zero-order valence-corrected chi connectivity index (χ0v) is 14.2. The summed E-state index contributed by atoms with van der Waals surface area (Å²) in [5.41, 5.74) is 3.20. The van der Waals surface area contributed by atoms with E-state index in [4.69, 9.17) is 11.6 Å². The minimum atomic E-state index is -0.0499. The number of hydrogen-bond acceptors (Lipinski definition) is 2. The molecule has 3 rings (SSSR count). The third kappa shape index (κ3) is 2.88. The van der Waals surface area contributed by atoms with Gasteiger partial charge in [-0.05, 0) is 29.7 Å². The van der Waals surface area contributed by atoms with Crippen LogP contribution in [0.25, 0.3) is 0 Å². The molecule has 1 heterocycles. The molecule has 0 bridgehead atoms. The monoisotopic (exact) mass is 331 g/mol. The van der Waals surface area contributed by atoms with Gasteiger partial charge in [-0.1, -0.05) is 55.8 Å². The van der Waals surface area contributed by atoms with Crippen molar-refractivity contribution in [1.82, 2.24) is 0 Å². The first-order chi connectivity index (χ1) is 10.6. The summed E-state index contributed by atoms with van der Waals surface area (Å²) >= 11 is 7.94. The molecule has 114 valence electrons. The minimum Gasteiger partial charge on any atom is -0.295 e. The Morgan fingerprint density at radius 2 is 1.82 bits per heavy atom. The van der Waals surface area contributed by atoms with Gasteiger partial charge in [0, 0.05) is 16.3 Å². The number of hydrogen-bond donors (Lipinski definition) is 0. The summed E-state index contributed by atoms with van der Waals surface area (Å²) in [4.78, 5) is 14.2. The van der Waals surface area contributed by atoms with Gasteiger partial charge in [-0.15, -0.1) is 11.8 Å². The highest BCUT2D eigenvalue weighted by Gasteiger charge is 2.34. The highest BCUT2D eigenvalue weighted by molar-refractivity contribution is 8.00. The second kappa shape index (κ2) is 6.35. The van der Waals surface area contributed by atoms with Crippen LogP contribution in [0.1, 0.15) is 36.3 Å². The molecule has 0 unspecified atom stereocenters. The lowest BCUT2D eigenvalue weighted by Crippen LogP contribution is -2.27. The van der Waals surface area contributed by atoms with E-state index < -0.39 is 0 Å². The maximum atomic E-state index is 12.4. The van der Waals surface area contributed by atoms with Gasteiger partial charge >= 0.3 is 0 Å². The summed E-state index contributed by atoms with van der Waals surface area (Å²) in [6.45, 7) is 4.33. The van der Waals surface area contributed by atoms with Crippen LogP contribution in [-0.4, -0.2) is 11.7 Å². The van der Waals surface area contributed by atoms with Gasteiger partial charge in [0.25, 0.3) is 0 Å². The maximum Gasteiger partial charge on any atom is 0.238 e. The van der Waals surface area contributed by atoms with Gasteiger partial charge in [-0.2, -0.15) is 0 Å². The van der Waals surface area contributed by atoms with Gasteiger partial charge in [0.05, 0.1) is 5.75 Å². The molecule has 4 heteroatoms. The fourth-order valence-electron chi connectivity index (χ4n) is 2.63. The summed E-state index contributed by atoms with van der Waals surface area (Å²) in [6.07, 6.45) is 0. The summed E-state index contributed by atoms with van der Waals surface area (Å²) in [5.74, 6) is 1.10. The van der Waals surface area contributed by atoms with Crippen LogP contribution in [0.4, 0.5) is 5.69 Å². The first kappa shape index (κ1) is 15.4. The van der Waals surface area contributed by atoms with Gasteiger partial charge < -0.3 is 0 Å². The van der Waals surface area contributed by atoms with E-state index in [9.17, 15) is 4.79 Å². The van der Waals surface area contributed by atoms with Crippen LogP contribution in [0.2, 0.25) is 5.02 Å². The summed E-state index contributed by atoms with van der Waals surface area (Å²) in [7, 11) is 0. The zero-order chi connectivity index (χ0) is 15.7. The van der Waals surface area contributed by atoms with E-state index in [-0.39, 0.29) is 11.3 Å². The van der Waals surface area contributed by atoms with Crippen LogP contribution in [-0.2, 0) is 4.79 Å². The van der Waals surface area contributed by atoms with Crippen molar-refractivity contribution in [1.29, 1.82) is 0 Å². The smallest absolute Gasteiger partial charge is 0.238 e. The maximum absolute atomic E-state index is 12.4. The topological polar surface area (TPSA) is 20.3 Å². The predicted octanol–water partition coefficient (Wildman–Crippen LogP) is 5.24. The van der Waals surface area contributed by atoms with Gasteiger partial charge in [0.15, 0.2) is 0 Å². The molecule has 1 amide bonds. The van der Waals surface area contributed by atoms with E-state index in [1.165, 1.54) is 5.56 Å². The second-order valence-corrected chi connectivity index (χ2v) is 7.17. The van der Waals surface area contributed by atoms with Crippen LogP contribution in [0.15, 0.2) is 48.5 Å². The number of benzene rings is 2. The Morgan fingerprint density at radius 1 is 1.14 bits per heavy atom. The van der Waals surface area contributed by atoms with Crippen molar-refractivity contribution in [2.75, 3.05) is 10.7 Å². The van der Waals surface area contributed by atoms with Crippen molar-refractivity contribution in [3.05, 3.63) is 64.7 Å². The van der Waals surface area contributed by atoms with Crippen LogP contribution < -0.4 is 4.90 Å². The fraction of sp³-hybridized carbons (Fsp3) is 0.278. The average molecular weight is 332 g/mol. The third-order valence-electron chi connectivity index (χ3n) is 3.88. The molecule has 1 saturated heterocycles. The third-order valence-corrected chi connectivity index (χ3v) is 5.42. The Bertz CT molecular complexity index is 684.